The molecular formula is C20H23NO3S. The summed E-state index contributed by atoms with van der Waals surface area (Å²) >= 11 is 1.27. The minimum atomic E-state index is -0.481. The Balaban J connectivity index is 2.17. The molecule has 1 N–H and O–H groups in total. The van der Waals surface area contributed by atoms with Gasteiger partial charge < -0.3 is 10.1 Å². The molecular weight excluding hydrogens is 334 g/mol. The molecule has 4 nitrogen and oxygen atoms in total. The van der Waals surface area contributed by atoms with E-state index in [1.54, 1.807) is 6.92 Å². The summed E-state index contributed by atoms with van der Waals surface area (Å²) in [5, 5.41) is 2.51. The summed E-state index contributed by atoms with van der Waals surface area (Å²) in [5.41, 5.74) is 3.74. The van der Waals surface area contributed by atoms with Gasteiger partial charge in [-0.05, 0) is 43.5 Å². The third-order valence-electron chi connectivity index (χ3n) is 3.66. The number of rotatable bonds is 7. The minimum absolute atomic E-state index is 0.133. The summed E-state index contributed by atoms with van der Waals surface area (Å²) in [6.45, 7) is 6.05. The van der Waals surface area contributed by atoms with E-state index in [-0.39, 0.29) is 17.6 Å². The van der Waals surface area contributed by atoms with Gasteiger partial charge in [0.1, 0.15) is 5.25 Å². The van der Waals surface area contributed by atoms with Crippen LogP contribution < -0.4 is 5.32 Å². The van der Waals surface area contributed by atoms with Crippen LogP contribution in [0, 0.1) is 13.8 Å². The highest BCUT2D eigenvalue weighted by atomic mass is 32.2. The number of carbonyl (C=O) groups is 2. The molecule has 132 valence electrons. The number of ether oxygens (including phenoxy) is 1. The molecule has 2 rings (SSSR count). The van der Waals surface area contributed by atoms with Gasteiger partial charge in [-0.1, -0.05) is 42.5 Å². The Hall–Kier alpha value is -2.27. The lowest BCUT2D eigenvalue weighted by molar-refractivity contribution is -0.139. The minimum Gasteiger partial charge on any atom is -0.465 e. The molecule has 0 aliphatic rings. The first kappa shape index (κ1) is 19.1. The smallest absolute Gasteiger partial charge is 0.315 e. The molecule has 0 bridgehead atoms. The van der Waals surface area contributed by atoms with Crippen molar-refractivity contribution in [2.45, 2.75) is 26.0 Å². The van der Waals surface area contributed by atoms with Crippen molar-refractivity contribution in [3.8, 4) is 0 Å². The molecule has 1 amide bonds. The van der Waals surface area contributed by atoms with Crippen molar-refractivity contribution in [1.82, 2.24) is 0 Å². The monoisotopic (exact) mass is 357 g/mol. The Morgan fingerprint density at radius 1 is 1.12 bits per heavy atom. The van der Waals surface area contributed by atoms with Crippen molar-refractivity contribution in [2.75, 3.05) is 17.7 Å². The van der Waals surface area contributed by atoms with Crippen molar-refractivity contribution < 1.29 is 14.3 Å². The van der Waals surface area contributed by atoms with Gasteiger partial charge in [0.2, 0.25) is 5.91 Å². The molecule has 1 atom stereocenters. The number of hydrogen-bond donors (Lipinski definition) is 1. The SMILES string of the molecule is CCOC(=O)CS[C@H](C(=O)Nc1cc(C)ccc1C)c1ccccc1. The fourth-order valence-corrected chi connectivity index (χ4v) is 3.32. The number of thioether (sulfide) groups is 1. The first-order valence-corrected chi connectivity index (χ1v) is 9.26. The molecule has 0 aromatic heterocycles. The maximum absolute atomic E-state index is 12.9. The van der Waals surface area contributed by atoms with Crippen molar-refractivity contribution in [2.24, 2.45) is 0 Å². The lowest BCUT2D eigenvalue weighted by Gasteiger charge is -2.18. The maximum atomic E-state index is 12.9. The zero-order chi connectivity index (χ0) is 18.2. The lowest BCUT2D eigenvalue weighted by atomic mass is 10.1. The third kappa shape index (κ3) is 5.64. The molecule has 0 fully saturated rings. The van der Waals surface area contributed by atoms with Crippen LogP contribution in [0.15, 0.2) is 48.5 Å². The van der Waals surface area contributed by atoms with Crippen molar-refractivity contribution in [3.05, 3.63) is 65.2 Å². The highest BCUT2D eigenvalue weighted by Crippen LogP contribution is 2.31. The zero-order valence-corrected chi connectivity index (χ0v) is 15.6. The van der Waals surface area contributed by atoms with Crippen molar-refractivity contribution >= 4 is 29.3 Å². The van der Waals surface area contributed by atoms with Crippen LogP contribution in [-0.4, -0.2) is 24.2 Å². The Morgan fingerprint density at radius 3 is 2.52 bits per heavy atom. The number of carbonyl (C=O) groups excluding carboxylic acids is 2. The second-order valence-corrected chi connectivity index (χ2v) is 6.81. The van der Waals surface area contributed by atoms with Crippen LogP contribution in [-0.2, 0) is 14.3 Å². The predicted octanol–water partition coefficient (Wildman–Crippen LogP) is 4.28. The second-order valence-electron chi connectivity index (χ2n) is 5.71. The van der Waals surface area contributed by atoms with E-state index >= 15 is 0 Å². The number of anilines is 1. The molecule has 25 heavy (non-hydrogen) atoms. The van der Waals surface area contributed by atoms with Crippen LogP contribution in [0.25, 0.3) is 0 Å². The van der Waals surface area contributed by atoms with E-state index in [1.807, 2.05) is 62.4 Å². The van der Waals surface area contributed by atoms with Gasteiger partial charge in [-0.2, -0.15) is 0 Å². The van der Waals surface area contributed by atoms with Crippen LogP contribution in [0.4, 0.5) is 5.69 Å². The number of amides is 1. The maximum Gasteiger partial charge on any atom is 0.315 e. The third-order valence-corrected chi connectivity index (χ3v) is 4.89. The van der Waals surface area contributed by atoms with Gasteiger partial charge in [-0.15, -0.1) is 11.8 Å². The molecule has 0 unspecified atom stereocenters. The van der Waals surface area contributed by atoms with Crippen molar-refractivity contribution in [3.63, 3.8) is 0 Å². The summed E-state index contributed by atoms with van der Waals surface area (Å²) in [5.74, 6) is -0.324. The largest absolute Gasteiger partial charge is 0.465 e. The van der Waals surface area contributed by atoms with Crippen LogP contribution >= 0.6 is 11.8 Å². The van der Waals surface area contributed by atoms with Gasteiger partial charge in [0.25, 0.3) is 0 Å². The highest BCUT2D eigenvalue weighted by molar-refractivity contribution is 8.00. The summed E-state index contributed by atoms with van der Waals surface area (Å²) < 4.78 is 4.97. The number of benzene rings is 2. The predicted molar refractivity (Wildman–Crippen MR) is 103 cm³/mol. The van der Waals surface area contributed by atoms with Gasteiger partial charge in [-0.3, -0.25) is 9.59 Å². The molecule has 0 aliphatic carbocycles. The van der Waals surface area contributed by atoms with E-state index in [0.29, 0.717) is 6.61 Å². The van der Waals surface area contributed by atoms with Gasteiger partial charge in [-0.25, -0.2) is 0 Å². The van der Waals surface area contributed by atoms with Crippen LogP contribution in [0.5, 0.6) is 0 Å². The molecule has 0 saturated heterocycles. The molecule has 0 aliphatic heterocycles. The average molecular weight is 357 g/mol. The fraction of sp³-hybridized carbons (Fsp3) is 0.300. The molecule has 2 aromatic carbocycles. The number of aryl methyl sites for hydroxylation is 2. The first-order chi connectivity index (χ1) is 12.0. The van der Waals surface area contributed by atoms with E-state index in [0.717, 1.165) is 22.4 Å². The Kier molecular flexibility index (Phi) is 7.07. The van der Waals surface area contributed by atoms with E-state index < -0.39 is 5.25 Å². The molecule has 0 heterocycles. The molecule has 0 spiro atoms. The standard InChI is InChI=1S/C20H23NO3S/c1-4-24-18(22)13-25-19(16-8-6-5-7-9-16)20(23)21-17-12-14(2)10-11-15(17)3/h5-12,19H,4,13H2,1-3H3,(H,21,23)/t19-/m0/s1. The Labute approximate surface area is 153 Å². The Bertz CT molecular complexity index is 731. The van der Waals surface area contributed by atoms with Crippen molar-refractivity contribution in [1.29, 1.82) is 0 Å². The molecule has 5 heteroatoms. The quantitative estimate of drug-likeness (QED) is 0.752. The topological polar surface area (TPSA) is 55.4 Å². The second kappa shape index (κ2) is 9.28. The molecule has 2 aromatic rings. The van der Waals surface area contributed by atoms with E-state index in [1.165, 1.54) is 11.8 Å². The van der Waals surface area contributed by atoms with E-state index in [9.17, 15) is 9.59 Å². The normalized spacial score (nSPS) is 11.6. The number of hydrogen-bond acceptors (Lipinski definition) is 4. The van der Waals surface area contributed by atoms with Gasteiger partial charge in [0.05, 0.1) is 12.4 Å². The summed E-state index contributed by atoms with van der Waals surface area (Å²) in [6.07, 6.45) is 0. The fourth-order valence-electron chi connectivity index (χ4n) is 2.37. The van der Waals surface area contributed by atoms with Gasteiger partial charge in [0, 0.05) is 5.69 Å². The van der Waals surface area contributed by atoms with Crippen LogP contribution in [0.3, 0.4) is 0 Å². The molecule has 0 radical (unpaired) electrons. The first-order valence-electron chi connectivity index (χ1n) is 8.21. The number of esters is 1. The summed E-state index contributed by atoms with van der Waals surface area (Å²) in [6, 6.07) is 15.4. The summed E-state index contributed by atoms with van der Waals surface area (Å²) in [7, 11) is 0. The summed E-state index contributed by atoms with van der Waals surface area (Å²) in [4.78, 5) is 24.5. The van der Waals surface area contributed by atoms with Gasteiger partial charge in [0.15, 0.2) is 0 Å². The highest BCUT2D eigenvalue weighted by Gasteiger charge is 2.23. The van der Waals surface area contributed by atoms with Gasteiger partial charge >= 0.3 is 5.97 Å². The van der Waals surface area contributed by atoms with Crippen LogP contribution in [0.1, 0.15) is 28.9 Å². The Morgan fingerprint density at radius 2 is 1.84 bits per heavy atom. The number of nitrogens with one attached hydrogen (secondary N) is 1. The lowest BCUT2D eigenvalue weighted by Crippen LogP contribution is -2.21. The van der Waals surface area contributed by atoms with E-state index in [2.05, 4.69) is 5.32 Å². The van der Waals surface area contributed by atoms with E-state index in [4.69, 9.17) is 4.74 Å². The molecule has 0 saturated carbocycles. The van der Waals surface area contributed by atoms with Crippen LogP contribution in [0.2, 0.25) is 0 Å². The zero-order valence-electron chi connectivity index (χ0n) is 14.7. The average Bonchev–Trinajstić information content (AvgIpc) is 2.59.